The molecule has 4 heteroatoms. The molecule has 1 aromatic heterocycles. The standard InChI is InChI=1S/C11H18FN3/c1-9-7-10(15(2)14-9)8-11(12)3-5-13-6-4-11/h7,13H,3-6,8H2,1-2H3. The van der Waals surface area contributed by atoms with Gasteiger partial charge in [0.05, 0.1) is 5.69 Å². The van der Waals surface area contributed by atoms with E-state index in [1.807, 2.05) is 20.0 Å². The molecule has 1 aromatic rings. The number of aryl methyl sites for hydroxylation is 2. The Bertz CT molecular complexity index is 340. The first-order valence-corrected chi connectivity index (χ1v) is 5.48. The Balaban J connectivity index is 2.09. The molecule has 1 N–H and O–H groups in total. The van der Waals surface area contributed by atoms with Gasteiger partial charge in [-0.3, -0.25) is 4.68 Å². The molecule has 15 heavy (non-hydrogen) atoms. The molecule has 3 nitrogen and oxygen atoms in total. The van der Waals surface area contributed by atoms with Crippen molar-refractivity contribution in [2.75, 3.05) is 13.1 Å². The molecule has 0 radical (unpaired) electrons. The molecule has 0 atom stereocenters. The summed E-state index contributed by atoms with van der Waals surface area (Å²) in [5.74, 6) is 0. The van der Waals surface area contributed by atoms with Crippen molar-refractivity contribution in [3.63, 3.8) is 0 Å². The number of alkyl halides is 1. The second-order valence-electron chi connectivity index (χ2n) is 4.48. The fraction of sp³-hybridized carbons (Fsp3) is 0.727. The number of aromatic nitrogens is 2. The van der Waals surface area contributed by atoms with Crippen LogP contribution in [0.3, 0.4) is 0 Å². The number of nitrogens with one attached hydrogen (secondary N) is 1. The van der Waals surface area contributed by atoms with E-state index in [-0.39, 0.29) is 0 Å². The van der Waals surface area contributed by atoms with Crippen molar-refractivity contribution in [3.05, 3.63) is 17.5 Å². The molecule has 2 rings (SSSR count). The van der Waals surface area contributed by atoms with Crippen LogP contribution in [0.15, 0.2) is 6.07 Å². The van der Waals surface area contributed by atoms with Crippen molar-refractivity contribution in [2.45, 2.75) is 31.9 Å². The zero-order valence-corrected chi connectivity index (χ0v) is 9.39. The largest absolute Gasteiger partial charge is 0.316 e. The molecule has 0 spiro atoms. The lowest BCUT2D eigenvalue weighted by Crippen LogP contribution is -2.40. The first kappa shape index (κ1) is 10.6. The third-order valence-electron chi connectivity index (χ3n) is 3.10. The van der Waals surface area contributed by atoms with Gasteiger partial charge in [0.2, 0.25) is 0 Å². The van der Waals surface area contributed by atoms with Gasteiger partial charge in [-0.2, -0.15) is 5.10 Å². The first-order chi connectivity index (χ1) is 7.09. The summed E-state index contributed by atoms with van der Waals surface area (Å²) in [6.07, 6.45) is 1.71. The van der Waals surface area contributed by atoms with E-state index in [1.165, 1.54) is 0 Å². The highest BCUT2D eigenvalue weighted by atomic mass is 19.1. The molecule has 0 bridgehead atoms. The Hall–Kier alpha value is -0.900. The zero-order valence-electron chi connectivity index (χ0n) is 9.39. The Morgan fingerprint density at radius 1 is 1.53 bits per heavy atom. The average molecular weight is 211 g/mol. The fourth-order valence-electron chi connectivity index (χ4n) is 2.21. The quantitative estimate of drug-likeness (QED) is 0.800. The smallest absolute Gasteiger partial charge is 0.119 e. The van der Waals surface area contributed by atoms with Gasteiger partial charge < -0.3 is 5.32 Å². The summed E-state index contributed by atoms with van der Waals surface area (Å²) in [4.78, 5) is 0. The summed E-state index contributed by atoms with van der Waals surface area (Å²) < 4.78 is 16.2. The Labute approximate surface area is 89.7 Å². The number of piperidine rings is 1. The normalized spacial score (nSPS) is 20.5. The van der Waals surface area contributed by atoms with Crippen LogP contribution in [-0.4, -0.2) is 28.5 Å². The van der Waals surface area contributed by atoms with Gasteiger partial charge in [-0.05, 0) is 38.9 Å². The summed E-state index contributed by atoms with van der Waals surface area (Å²) in [5, 5.41) is 7.43. The highest BCUT2D eigenvalue weighted by molar-refractivity contribution is 5.12. The summed E-state index contributed by atoms with van der Waals surface area (Å²) >= 11 is 0. The maximum Gasteiger partial charge on any atom is 0.119 e. The molecule has 0 amide bonds. The highest BCUT2D eigenvalue weighted by Crippen LogP contribution is 2.27. The minimum Gasteiger partial charge on any atom is -0.316 e. The van der Waals surface area contributed by atoms with Crippen LogP contribution in [0, 0.1) is 6.92 Å². The monoisotopic (exact) mass is 211 g/mol. The minimum absolute atomic E-state index is 0.492. The first-order valence-electron chi connectivity index (χ1n) is 5.48. The lowest BCUT2D eigenvalue weighted by atomic mass is 9.89. The van der Waals surface area contributed by atoms with E-state index in [2.05, 4.69) is 10.4 Å². The molecular formula is C11H18FN3. The molecule has 0 aliphatic carbocycles. The van der Waals surface area contributed by atoms with Crippen LogP contribution in [0.4, 0.5) is 4.39 Å². The maximum atomic E-state index is 14.4. The van der Waals surface area contributed by atoms with Gasteiger partial charge in [0.25, 0.3) is 0 Å². The second kappa shape index (κ2) is 3.93. The molecule has 1 aliphatic heterocycles. The van der Waals surface area contributed by atoms with Crippen LogP contribution in [-0.2, 0) is 13.5 Å². The van der Waals surface area contributed by atoms with Gasteiger partial charge in [0, 0.05) is 19.2 Å². The summed E-state index contributed by atoms with van der Waals surface area (Å²) in [5.41, 5.74) is 0.924. The predicted molar refractivity (Wildman–Crippen MR) is 57.6 cm³/mol. The number of nitrogens with zero attached hydrogens (tertiary/aromatic N) is 2. The van der Waals surface area contributed by atoms with Crippen molar-refractivity contribution < 1.29 is 4.39 Å². The summed E-state index contributed by atoms with van der Waals surface area (Å²) in [6, 6.07) is 1.98. The Morgan fingerprint density at radius 3 is 2.73 bits per heavy atom. The minimum atomic E-state index is -1.04. The van der Waals surface area contributed by atoms with E-state index in [9.17, 15) is 4.39 Å². The van der Waals surface area contributed by atoms with Gasteiger partial charge in [-0.25, -0.2) is 4.39 Å². The number of halogens is 1. The van der Waals surface area contributed by atoms with Crippen molar-refractivity contribution in [3.8, 4) is 0 Å². The van der Waals surface area contributed by atoms with Gasteiger partial charge in [-0.15, -0.1) is 0 Å². The zero-order chi connectivity index (χ0) is 10.9. The van der Waals surface area contributed by atoms with Crippen LogP contribution in [0.2, 0.25) is 0 Å². The summed E-state index contributed by atoms with van der Waals surface area (Å²) in [7, 11) is 1.88. The molecule has 0 unspecified atom stereocenters. The summed E-state index contributed by atoms with van der Waals surface area (Å²) in [6.45, 7) is 3.51. The SMILES string of the molecule is Cc1cc(CC2(F)CCNCC2)n(C)n1. The molecule has 2 heterocycles. The van der Waals surface area contributed by atoms with Crippen LogP contribution in [0.1, 0.15) is 24.2 Å². The molecule has 0 saturated carbocycles. The fourth-order valence-corrected chi connectivity index (χ4v) is 2.21. The van der Waals surface area contributed by atoms with E-state index in [0.717, 1.165) is 24.5 Å². The van der Waals surface area contributed by atoms with E-state index in [0.29, 0.717) is 19.3 Å². The van der Waals surface area contributed by atoms with Crippen molar-refractivity contribution in [2.24, 2.45) is 7.05 Å². The average Bonchev–Trinajstić information content (AvgIpc) is 2.45. The second-order valence-corrected chi connectivity index (χ2v) is 4.48. The Morgan fingerprint density at radius 2 is 2.20 bits per heavy atom. The third kappa shape index (κ3) is 2.37. The third-order valence-corrected chi connectivity index (χ3v) is 3.10. The van der Waals surface area contributed by atoms with Gasteiger partial charge in [-0.1, -0.05) is 0 Å². The molecule has 0 aromatic carbocycles. The lowest BCUT2D eigenvalue weighted by Gasteiger charge is -2.29. The molecule has 1 aliphatic rings. The maximum absolute atomic E-state index is 14.4. The van der Waals surface area contributed by atoms with Crippen LogP contribution < -0.4 is 5.32 Å². The van der Waals surface area contributed by atoms with Gasteiger partial charge >= 0.3 is 0 Å². The highest BCUT2D eigenvalue weighted by Gasteiger charge is 2.32. The van der Waals surface area contributed by atoms with Crippen molar-refractivity contribution in [1.29, 1.82) is 0 Å². The van der Waals surface area contributed by atoms with Crippen LogP contribution in [0.5, 0.6) is 0 Å². The Kier molecular flexibility index (Phi) is 2.78. The number of hydrogen-bond acceptors (Lipinski definition) is 2. The molecule has 1 fully saturated rings. The van der Waals surface area contributed by atoms with E-state index < -0.39 is 5.67 Å². The number of hydrogen-bond donors (Lipinski definition) is 1. The lowest BCUT2D eigenvalue weighted by molar-refractivity contribution is 0.114. The van der Waals surface area contributed by atoms with Crippen LogP contribution >= 0.6 is 0 Å². The van der Waals surface area contributed by atoms with Crippen LogP contribution in [0.25, 0.3) is 0 Å². The predicted octanol–water partition coefficient (Wildman–Crippen LogP) is 1.36. The molecular weight excluding hydrogens is 193 g/mol. The van der Waals surface area contributed by atoms with Crippen molar-refractivity contribution in [1.82, 2.24) is 15.1 Å². The molecule has 84 valence electrons. The van der Waals surface area contributed by atoms with E-state index in [4.69, 9.17) is 0 Å². The van der Waals surface area contributed by atoms with E-state index in [1.54, 1.807) is 4.68 Å². The van der Waals surface area contributed by atoms with E-state index >= 15 is 0 Å². The topological polar surface area (TPSA) is 29.9 Å². The van der Waals surface area contributed by atoms with Crippen molar-refractivity contribution >= 4 is 0 Å². The van der Waals surface area contributed by atoms with Gasteiger partial charge in [0.15, 0.2) is 0 Å². The van der Waals surface area contributed by atoms with Gasteiger partial charge in [0.1, 0.15) is 5.67 Å². The number of rotatable bonds is 2. The molecule has 1 saturated heterocycles.